The summed E-state index contributed by atoms with van der Waals surface area (Å²) in [5.74, 6) is 1.71. The highest BCUT2D eigenvalue weighted by molar-refractivity contribution is 4.77. The maximum atomic E-state index is 5.28. The average Bonchev–Trinajstić information content (AvgIpc) is 2.31. The van der Waals surface area contributed by atoms with Gasteiger partial charge in [0.1, 0.15) is 0 Å². The Hall–Kier alpha value is -0.120. The number of methoxy groups -OCH3 is 1. The Bertz CT molecular complexity index is 190. The maximum Gasteiger partial charge on any atom is 0.0502 e. The zero-order chi connectivity index (χ0) is 11.2. The zero-order valence-corrected chi connectivity index (χ0v) is 10.6. The van der Waals surface area contributed by atoms with E-state index in [9.17, 15) is 0 Å². The van der Waals surface area contributed by atoms with Gasteiger partial charge in [-0.2, -0.15) is 0 Å². The van der Waals surface area contributed by atoms with E-state index in [0.29, 0.717) is 0 Å². The van der Waals surface area contributed by atoms with Crippen LogP contribution in [-0.2, 0) is 4.74 Å². The molecule has 0 aromatic carbocycles. The van der Waals surface area contributed by atoms with Crippen LogP contribution in [0.2, 0.25) is 0 Å². The second-order valence-electron chi connectivity index (χ2n) is 5.42. The molecule has 2 aliphatic heterocycles. The molecule has 16 heavy (non-hydrogen) atoms. The first-order valence-corrected chi connectivity index (χ1v) is 6.80. The number of rotatable bonds is 4. The average molecular weight is 226 g/mol. The summed E-state index contributed by atoms with van der Waals surface area (Å²) in [5.41, 5.74) is 0. The minimum Gasteiger partial charge on any atom is -0.384 e. The molecule has 2 fully saturated rings. The van der Waals surface area contributed by atoms with Crippen LogP contribution in [0.1, 0.15) is 25.7 Å². The molecule has 2 aliphatic rings. The van der Waals surface area contributed by atoms with Crippen molar-refractivity contribution in [1.29, 1.82) is 0 Å². The van der Waals surface area contributed by atoms with Crippen LogP contribution in [-0.4, -0.2) is 51.3 Å². The van der Waals surface area contributed by atoms with E-state index in [4.69, 9.17) is 4.74 Å². The van der Waals surface area contributed by atoms with Crippen LogP contribution in [0.15, 0.2) is 0 Å². The SMILES string of the molecule is COCC1CCCN(CC2CCNCC2)C1. The fourth-order valence-electron chi connectivity index (χ4n) is 3.12. The fraction of sp³-hybridized carbons (Fsp3) is 1.00. The molecule has 1 unspecified atom stereocenters. The van der Waals surface area contributed by atoms with E-state index in [0.717, 1.165) is 18.4 Å². The molecule has 0 aromatic heterocycles. The van der Waals surface area contributed by atoms with Crippen molar-refractivity contribution in [2.75, 3.05) is 46.4 Å². The Morgan fingerprint density at radius 2 is 2.00 bits per heavy atom. The molecule has 0 radical (unpaired) electrons. The van der Waals surface area contributed by atoms with Crippen molar-refractivity contribution in [2.45, 2.75) is 25.7 Å². The minimum atomic E-state index is 0.778. The maximum absolute atomic E-state index is 5.28. The molecule has 3 heteroatoms. The van der Waals surface area contributed by atoms with E-state index in [-0.39, 0.29) is 0 Å². The Morgan fingerprint density at radius 3 is 2.75 bits per heavy atom. The van der Waals surface area contributed by atoms with Gasteiger partial charge in [-0.25, -0.2) is 0 Å². The lowest BCUT2D eigenvalue weighted by Crippen LogP contribution is -2.42. The standard InChI is InChI=1S/C13H26N2O/c1-16-11-13-3-2-8-15(10-13)9-12-4-6-14-7-5-12/h12-14H,2-11H2,1H3. The van der Waals surface area contributed by atoms with Crippen molar-refractivity contribution in [3.8, 4) is 0 Å². The molecule has 2 rings (SSSR count). The first kappa shape index (κ1) is 12.3. The molecule has 0 saturated carbocycles. The third kappa shape index (κ3) is 3.72. The molecular weight excluding hydrogens is 200 g/mol. The molecule has 1 atom stereocenters. The summed E-state index contributed by atoms with van der Waals surface area (Å²) in [5, 5.41) is 3.44. The van der Waals surface area contributed by atoms with Gasteiger partial charge in [0.05, 0.1) is 6.61 Å². The zero-order valence-electron chi connectivity index (χ0n) is 10.6. The first-order chi connectivity index (χ1) is 7.88. The predicted octanol–water partition coefficient (Wildman–Crippen LogP) is 1.34. The number of piperidine rings is 2. The van der Waals surface area contributed by atoms with Gasteiger partial charge in [0.15, 0.2) is 0 Å². The van der Waals surface area contributed by atoms with Gasteiger partial charge >= 0.3 is 0 Å². The molecule has 2 saturated heterocycles. The van der Waals surface area contributed by atoms with Gasteiger partial charge in [0, 0.05) is 20.2 Å². The summed E-state index contributed by atoms with van der Waals surface area (Å²) >= 11 is 0. The molecular formula is C13H26N2O. The van der Waals surface area contributed by atoms with Crippen molar-refractivity contribution in [1.82, 2.24) is 10.2 Å². The van der Waals surface area contributed by atoms with E-state index in [1.165, 1.54) is 58.4 Å². The summed E-state index contributed by atoms with van der Waals surface area (Å²) in [6, 6.07) is 0. The smallest absolute Gasteiger partial charge is 0.0502 e. The number of nitrogens with zero attached hydrogens (tertiary/aromatic N) is 1. The lowest BCUT2D eigenvalue weighted by atomic mass is 9.94. The summed E-state index contributed by atoms with van der Waals surface area (Å²) in [4.78, 5) is 2.67. The molecule has 0 aliphatic carbocycles. The van der Waals surface area contributed by atoms with Crippen LogP contribution in [0.4, 0.5) is 0 Å². The second-order valence-corrected chi connectivity index (χ2v) is 5.42. The van der Waals surface area contributed by atoms with Gasteiger partial charge in [-0.3, -0.25) is 0 Å². The molecule has 94 valence electrons. The van der Waals surface area contributed by atoms with Crippen molar-refractivity contribution < 1.29 is 4.74 Å². The third-order valence-electron chi connectivity index (χ3n) is 3.98. The van der Waals surface area contributed by atoms with E-state index in [1.807, 2.05) is 7.11 Å². The third-order valence-corrected chi connectivity index (χ3v) is 3.98. The van der Waals surface area contributed by atoms with Crippen molar-refractivity contribution >= 4 is 0 Å². The number of nitrogens with one attached hydrogen (secondary N) is 1. The largest absolute Gasteiger partial charge is 0.384 e. The highest BCUT2D eigenvalue weighted by atomic mass is 16.5. The van der Waals surface area contributed by atoms with E-state index >= 15 is 0 Å². The Balaban J connectivity index is 1.71. The summed E-state index contributed by atoms with van der Waals surface area (Å²) < 4.78 is 5.28. The Kier molecular flexibility index (Phi) is 5.07. The van der Waals surface area contributed by atoms with Crippen LogP contribution in [0.5, 0.6) is 0 Å². The van der Waals surface area contributed by atoms with E-state index in [1.54, 1.807) is 0 Å². The number of hydrogen-bond acceptors (Lipinski definition) is 3. The molecule has 3 nitrogen and oxygen atoms in total. The number of hydrogen-bond donors (Lipinski definition) is 1. The highest BCUT2D eigenvalue weighted by Crippen LogP contribution is 2.20. The monoisotopic (exact) mass is 226 g/mol. The number of ether oxygens (including phenoxy) is 1. The van der Waals surface area contributed by atoms with Gasteiger partial charge in [-0.05, 0) is 57.2 Å². The van der Waals surface area contributed by atoms with Gasteiger partial charge in [-0.15, -0.1) is 0 Å². The normalized spacial score (nSPS) is 29.4. The second kappa shape index (κ2) is 6.58. The fourth-order valence-corrected chi connectivity index (χ4v) is 3.12. The van der Waals surface area contributed by atoms with Crippen LogP contribution >= 0.6 is 0 Å². The van der Waals surface area contributed by atoms with Gasteiger partial charge in [0.2, 0.25) is 0 Å². The van der Waals surface area contributed by atoms with Crippen LogP contribution in [0, 0.1) is 11.8 Å². The molecule has 2 heterocycles. The Labute approximate surface area is 99.5 Å². The summed E-state index contributed by atoms with van der Waals surface area (Å²) in [6.07, 6.45) is 5.45. The van der Waals surface area contributed by atoms with Crippen LogP contribution < -0.4 is 5.32 Å². The Morgan fingerprint density at radius 1 is 1.19 bits per heavy atom. The number of likely N-dealkylation sites (tertiary alicyclic amines) is 1. The lowest BCUT2D eigenvalue weighted by molar-refractivity contribution is 0.0794. The van der Waals surface area contributed by atoms with Crippen molar-refractivity contribution in [2.24, 2.45) is 11.8 Å². The quantitative estimate of drug-likeness (QED) is 0.783. The highest BCUT2D eigenvalue weighted by Gasteiger charge is 2.23. The first-order valence-electron chi connectivity index (χ1n) is 6.80. The summed E-state index contributed by atoms with van der Waals surface area (Å²) in [7, 11) is 1.83. The molecule has 1 N–H and O–H groups in total. The molecule has 0 bridgehead atoms. The van der Waals surface area contributed by atoms with Crippen molar-refractivity contribution in [3.05, 3.63) is 0 Å². The summed E-state index contributed by atoms with van der Waals surface area (Å²) in [6.45, 7) is 7.28. The van der Waals surface area contributed by atoms with Crippen LogP contribution in [0.3, 0.4) is 0 Å². The van der Waals surface area contributed by atoms with Gasteiger partial charge in [-0.1, -0.05) is 0 Å². The van der Waals surface area contributed by atoms with Crippen LogP contribution in [0.25, 0.3) is 0 Å². The predicted molar refractivity (Wildman–Crippen MR) is 66.6 cm³/mol. The van der Waals surface area contributed by atoms with Crippen molar-refractivity contribution in [3.63, 3.8) is 0 Å². The van der Waals surface area contributed by atoms with Gasteiger partial charge in [0.25, 0.3) is 0 Å². The molecule has 0 amide bonds. The van der Waals surface area contributed by atoms with Gasteiger partial charge < -0.3 is 15.0 Å². The van der Waals surface area contributed by atoms with E-state index in [2.05, 4.69) is 10.2 Å². The topological polar surface area (TPSA) is 24.5 Å². The molecule has 0 spiro atoms. The molecule has 0 aromatic rings. The van der Waals surface area contributed by atoms with E-state index < -0.39 is 0 Å². The minimum absolute atomic E-state index is 0.778. The lowest BCUT2D eigenvalue weighted by Gasteiger charge is -2.35.